The third-order valence-corrected chi connectivity index (χ3v) is 7.79. The Morgan fingerprint density at radius 1 is 0.844 bits per heavy atom. The number of rotatable bonds is 9. The first kappa shape index (κ1) is 31.3. The Kier molecular flexibility index (Phi) is 9.50. The summed E-state index contributed by atoms with van der Waals surface area (Å²) in [6, 6.07) is 15.2. The number of aromatic nitrogens is 4. The molecule has 4 aromatic rings. The van der Waals surface area contributed by atoms with Gasteiger partial charge < -0.3 is 30.2 Å². The number of anilines is 1. The molecule has 3 heterocycles. The predicted octanol–water partition coefficient (Wildman–Crippen LogP) is 5.71. The monoisotopic (exact) mass is 612 g/mol. The number of likely N-dealkylation sites (tertiary alicyclic amines) is 1. The number of H-pyrrole nitrogens is 2. The van der Waals surface area contributed by atoms with Crippen LogP contribution in [-0.2, 0) is 9.53 Å². The number of nitrogens with one attached hydrogen (secondary N) is 5. The summed E-state index contributed by atoms with van der Waals surface area (Å²) in [5.41, 5.74) is 5.72. The Hall–Kier alpha value is -5.13. The lowest BCUT2D eigenvalue weighted by Gasteiger charge is -2.30. The number of methoxy groups -OCH3 is 1. The number of benzene rings is 2. The van der Waals surface area contributed by atoms with E-state index in [9.17, 15) is 14.4 Å². The Bertz CT molecular complexity index is 1620. The van der Waals surface area contributed by atoms with E-state index in [1.54, 1.807) is 17.3 Å². The van der Waals surface area contributed by atoms with Crippen LogP contribution in [0.5, 0.6) is 0 Å². The molecule has 5 N–H and O–H groups in total. The standard InChI is InChI=1S/C33H40N8O4/c1-19(2)28(39-33(44)45-5)30(42)41-16-6-7-27(41)29-34-17-25(37-29)23-12-8-21(9-13-23)22-10-14-24(15-11-22)26-18-35-31(38-26)40-32(43)36-20(3)4/h8-15,17-20,27-28H,6-7,16H2,1-5H3,(H,34,37)(H,39,44)(H3,35,36,38,40,43). The lowest BCUT2D eigenvalue weighted by molar-refractivity contribution is -0.135. The van der Waals surface area contributed by atoms with Gasteiger partial charge in [0, 0.05) is 12.6 Å². The van der Waals surface area contributed by atoms with Crippen molar-refractivity contribution in [3.05, 3.63) is 66.7 Å². The van der Waals surface area contributed by atoms with Crippen LogP contribution in [0.2, 0.25) is 0 Å². The van der Waals surface area contributed by atoms with Crippen molar-refractivity contribution in [2.75, 3.05) is 19.0 Å². The summed E-state index contributed by atoms with van der Waals surface area (Å²) in [6.07, 6.45) is 4.52. The molecular formula is C33H40N8O4. The van der Waals surface area contributed by atoms with Crippen LogP contribution < -0.4 is 16.0 Å². The van der Waals surface area contributed by atoms with Gasteiger partial charge in [0.15, 0.2) is 0 Å². The molecule has 0 saturated carbocycles. The maximum Gasteiger partial charge on any atom is 0.407 e. The highest BCUT2D eigenvalue weighted by Gasteiger charge is 2.37. The summed E-state index contributed by atoms with van der Waals surface area (Å²) in [5, 5.41) is 8.15. The first-order valence-electron chi connectivity index (χ1n) is 15.2. The van der Waals surface area contributed by atoms with Crippen LogP contribution in [0, 0.1) is 5.92 Å². The summed E-state index contributed by atoms with van der Waals surface area (Å²) >= 11 is 0. The number of imidazole rings is 2. The fourth-order valence-electron chi connectivity index (χ4n) is 5.47. The van der Waals surface area contributed by atoms with Crippen LogP contribution in [0.1, 0.15) is 52.4 Å². The molecule has 236 valence electrons. The molecule has 1 aliphatic rings. The molecule has 0 radical (unpaired) electrons. The van der Waals surface area contributed by atoms with E-state index in [0.717, 1.165) is 52.3 Å². The van der Waals surface area contributed by atoms with Crippen LogP contribution in [0.3, 0.4) is 0 Å². The van der Waals surface area contributed by atoms with Crippen molar-refractivity contribution >= 4 is 24.0 Å². The minimum Gasteiger partial charge on any atom is -0.453 e. The molecule has 12 nitrogen and oxygen atoms in total. The molecule has 45 heavy (non-hydrogen) atoms. The fourth-order valence-corrected chi connectivity index (χ4v) is 5.47. The normalized spacial score (nSPS) is 15.3. The number of aromatic amines is 2. The Balaban J connectivity index is 1.24. The van der Waals surface area contributed by atoms with Gasteiger partial charge in [0.25, 0.3) is 0 Å². The van der Waals surface area contributed by atoms with Crippen LogP contribution >= 0.6 is 0 Å². The highest BCUT2D eigenvalue weighted by Crippen LogP contribution is 2.33. The molecule has 2 aromatic carbocycles. The second-order valence-corrected chi connectivity index (χ2v) is 11.8. The van der Waals surface area contributed by atoms with Gasteiger partial charge in [-0.1, -0.05) is 62.4 Å². The van der Waals surface area contributed by atoms with Crippen LogP contribution in [0.4, 0.5) is 15.5 Å². The number of alkyl carbamates (subject to hydrolysis) is 1. The number of urea groups is 1. The van der Waals surface area contributed by atoms with E-state index < -0.39 is 12.1 Å². The van der Waals surface area contributed by atoms with Crippen molar-refractivity contribution in [3.63, 3.8) is 0 Å². The van der Waals surface area contributed by atoms with Gasteiger partial charge >= 0.3 is 12.1 Å². The van der Waals surface area contributed by atoms with Gasteiger partial charge in [0.2, 0.25) is 11.9 Å². The second-order valence-electron chi connectivity index (χ2n) is 11.8. The molecule has 12 heteroatoms. The first-order chi connectivity index (χ1) is 21.6. The molecule has 1 saturated heterocycles. The Morgan fingerprint density at radius 3 is 2.00 bits per heavy atom. The van der Waals surface area contributed by atoms with E-state index in [4.69, 9.17) is 4.74 Å². The van der Waals surface area contributed by atoms with Gasteiger partial charge in [-0.3, -0.25) is 10.1 Å². The zero-order valence-electron chi connectivity index (χ0n) is 26.2. The largest absolute Gasteiger partial charge is 0.453 e. The van der Waals surface area contributed by atoms with Gasteiger partial charge in [-0.2, -0.15) is 0 Å². The maximum absolute atomic E-state index is 13.4. The molecule has 4 amide bonds. The van der Waals surface area contributed by atoms with Gasteiger partial charge in [0.05, 0.1) is 36.9 Å². The average Bonchev–Trinajstić information content (AvgIpc) is 3.80. The van der Waals surface area contributed by atoms with Crippen molar-refractivity contribution in [1.29, 1.82) is 0 Å². The highest BCUT2D eigenvalue weighted by atomic mass is 16.5. The molecule has 0 bridgehead atoms. The summed E-state index contributed by atoms with van der Waals surface area (Å²) in [5.74, 6) is 0.885. The van der Waals surface area contributed by atoms with Gasteiger partial charge in [-0.05, 0) is 54.9 Å². The second kappa shape index (κ2) is 13.7. The predicted molar refractivity (Wildman–Crippen MR) is 172 cm³/mol. The molecule has 2 atom stereocenters. The topological polar surface area (TPSA) is 157 Å². The summed E-state index contributed by atoms with van der Waals surface area (Å²) in [7, 11) is 1.29. The number of carbonyl (C=O) groups excluding carboxylic acids is 3. The smallest absolute Gasteiger partial charge is 0.407 e. The number of hydrogen-bond acceptors (Lipinski definition) is 6. The van der Waals surface area contributed by atoms with E-state index in [0.29, 0.717) is 12.5 Å². The molecule has 5 rings (SSSR count). The van der Waals surface area contributed by atoms with Crippen LogP contribution in [0.15, 0.2) is 60.9 Å². The van der Waals surface area contributed by atoms with Crippen LogP contribution in [-0.4, -0.2) is 68.6 Å². The number of amides is 4. The number of hydrogen-bond donors (Lipinski definition) is 5. The third kappa shape index (κ3) is 7.34. The van der Waals surface area contributed by atoms with E-state index in [-0.39, 0.29) is 29.9 Å². The van der Waals surface area contributed by atoms with Crippen molar-refractivity contribution in [3.8, 4) is 33.6 Å². The molecule has 0 spiro atoms. The van der Waals surface area contributed by atoms with Crippen molar-refractivity contribution < 1.29 is 19.1 Å². The van der Waals surface area contributed by atoms with Crippen molar-refractivity contribution in [2.24, 2.45) is 5.92 Å². The van der Waals surface area contributed by atoms with Crippen molar-refractivity contribution in [2.45, 2.75) is 58.7 Å². The molecule has 1 fully saturated rings. The van der Waals surface area contributed by atoms with Gasteiger partial charge in [-0.25, -0.2) is 19.6 Å². The molecule has 1 aliphatic heterocycles. The highest BCUT2D eigenvalue weighted by molar-refractivity contribution is 5.88. The zero-order valence-corrected chi connectivity index (χ0v) is 26.2. The number of ether oxygens (including phenoxy) is 1. The maximum atomic E-state index is 13.4. The lowest BCUT2D eigenvalue weighted by Crippen LogP contribution is -2.51. The minimum atomic E-state index is -0.675. The van der Waals surface area contributed by atoms with E-state index in [1.807, 2.05) is 64.1 Å². The van der Waals surface area contributed by atoms with E-state index in [1.165, 1.54) is 7.11 Å². The summed E-state index contributed by atoms with van der Waals surface area (Å²) < 4.78 is 4.73. The van der Waals surface area contributed by atoms with Crippen LogP contribution in [0.25, 0.3) is 33.6 Å². The molecule has 2 aromatic heterocycles. The Morgan fingerprint density at radius 2 is 1.42 bits per heavy atom. The Labute approximate surface area is 262 Å². The number of nitrogens with zero attached hydrogens (tertiary/aromatic N) is 3. The first-order valence-corrected chi connectivity index (χ1v) is 15.2. The lowest BCUT2D eigenvalue weighted by atomic mass is 10.0. The van der Waals surface area contributed by atoms with Gasteiger partial charge in [0.1, 0.15) is 11.9 Å². The SMILES string of the molecule is COC(=O)NC(C(=O)N1CCCC1c1ncc(-c2ccc(-c3ccc(-c4cnc(NC(=O)NC(C)C)[nH]4)cc3)cc2)[nH]1)C(C)C. The van der Waals surface area contributed by atoms with Gasteiger partial charge in [-0.15, -0.1) is 0 Å². The molecular weight excluding hydrogens is 572 g/mol. The zero-order chi connectivity index (χ0) is 32.1. The summed E-state index contributed by atoms with van der Waals surface area (Å²) in [4.78, 5) is 54.5. The van der Waals surface area contributed by atoms with E-state index >= 15 is 0 Å². The fraction of sp³-hybridized carbons (Fsp3) is 0.364. The minimum absolute atomic E-state index is 0.0278. The quantitative estimate of drug-likeness (QED) is 0.163. The molecule has 0 aliphatic carbocycles. The number of carbonyl (C=O) groups is 3. The average molecular weight is 613 g/mol. The third-order valence-electron chi connectivity index (χ3n) is 7.79. The van der Waals surface area contributed by atoms with Crippen molar-refractivity contribution in [1.82, 2.24) is 35.5 Å². The summed E-state index contributed by atoms with van der Waals surface area (Å²) in [6.45, 7) is 8.19. The van der Waals surface area contributed by atoms with E-state index in [2.05, 4.69) is 48.0 Å². The molecule has 2 unspecified atom stereocenters.